The van der Waals surface area contributed by atoms with Gasteiger partial charge in [0.1, 0.15) is 0 Å². The minimum atomic E-state index is -3.42. The average molecular weight is 715 g/mol. The van der Waals surface area contributed by atoms with Crippen LogP contribution in [-0.2, 0) is 46.8 Å². The molecule has 4 aromatic rings. The molecule has 0 aromatic heterocycles. The van der Waals surface area contributed by atoms with Crippen LogP contribution in [0.5, 0.6) is 0 Å². The second kappa shape index (κ2) is 18.4. The van der Waals surface area contributed by atoms with E-state index >= 15 is 0 Å². The fourth-order valence-corrected chi connectivity index (χ4v) is 8.08. The zero-order chi connectivity index (χ0) is 35.2. The summed E-state index contributed by atoms with van der Waals surface area (Å²) in [7, 11) is -9.79. The van der Waals surface area contributed by atoms with Crippen LogP contribution in [0.2, 0.25) is 0 Å². The Morgan fingerprint density at radius 3 is 1.17 bits per heavy atom. The van der Waals surface area contributed by atoms with Crippen molar-refractivity contribution in [2.24, 2.45) is 0 Å². The second-order valence-electron chi connectivity index (χ2n) is 11.5. The van der Waals surface area contributed by atoms with Gasteiger partial charge in [0.2, 0.25) is 0 Å². The lowest BCUT2D eigenvalue weighted by Gasteiger charge is -2.07. The molecule has 0 heterocycles. The molecule has 0 amide bonds. The van der Waals surface area contributed by atoms with Gasteiger partial charge in [-0.1, -0.05) is 99.5 Å². The van der Waals surface area contributed by atoms with Crippen molar-refractivity contribution in [2.45, 2.75) is 62.2 Å². The fourth-order valence-electron chi connectivity index (χ4n) is 4.78. The zero-order valence-electron chi connectivity index (χ0n) is 27.8. The average Bonchev–Trinajstić information content (AvgIpc) is 3.07. The van der Waals surface area contributed by atoms with E-state index < -0.39 is 29.8 Å². The Labute approximate surface area is 286 Å². The predicted molar refractivity (Wildman–Crippen MR) is 193 cm³/mol. The Kier molecular flexibility index (Phi) is 15.0. The van der Waals surface area contributed by atoms with Crippen molar-refractivity contribution in [1.29, 1.82) is 0 Å². The van der Waals surface area contributed by atoms with Gasteiger partial charge in [0, 0.05) is 6.61 Å². The molecular weight excluding hydrogens is 669 g/mol. The van der Waals surface area contributed by atoms with E-state index in [1.807, 2.05) is 74.5 Å². The molecule has 0 aliphatic carbocycles. The summed E-state index contributed by atoms with van der Waals surface area (Å²) >= 11 is 0. The first-order chi connectivity index (χ1) is 22.8. The lowest BCUT2D eigenvalue weighted by atomic mass is 10.0. The second-order valence-corrected chi connectivity index (χ2v) is 17.4. The van der Waals surface area contributed by atoms with Gasteiger partial charge < -0.3 is 5.11 Å². The zero-order valence-corrected chi connectivity index (χ0v) is 30.3. The topological polar surface area (TPSA) is 132 Å². The maximum atomic E-state index is 12.2. The van der Waals surface area contributed by atoms with Crippen LogP contribution in [0, 0.1) is 0 Å². The van der Waals surface area contributed by atoms with Crippen molar-refractivity contribution in [1.82, 2.24) is 0 Å². The molecule has 11 heteroatoms. The highest BCUT2D eigenvalue weighted by Gasteiger charge is 2.14. The van der Waals surface area contributed by atoms with Crippen molar-refractivity contribution in [3.8, 4) is 22.3 Å². The van der Waals surface area contributed by atoms with Crippen molar-refractivity contribution in [2.75, 3.05) is 31.0 Å². The summed E-state index contributed by atoms with van der Waals surface area (Å²) in [5.74, 6) is 0.381. The van der Waals surface area contributed by atoms with E-state index in [1.54, 1.807) is 36.4 Å². The highest BCUT2D eigenvalue weighted by Crippen LogP contribution is 2.24. The monoisotopic (exact) mass is 714 g/mol. The summed E-state index contributed by atoms with van der Waals surface area (Å²) in [5, 5.41) is 8.92. The number of benzene rings is 4. The van der Waals surface area contributed by atoms with Crippen LogP contribution in [-0.4, -0.2) is 61.3 Å². The quantitative estimate of drug-likeness (QED) is 0.124. The smallest absolute Gasteiger partial charge is 0.264 e. The standard InChI is InChI=1S/C19H24O5S2.C18H22O3S/c1-3-4-15-26(22,23)19-11-9-18(10-12-19)17-7-5-16(6-8-17)13-14-24-25(2,20)21;1-2-3-14-22(20,21)18-10-8-17(9-11-18)16-6-4-15(5-7-16)12-13-19/h5-12H,3-4,13-15H2,1-2H3;4-11,19H,2-3,12-14H2,1H3. The number of rotatable bonds is 16. The van der Waals surface area contributed by atoms with Crippen molar-refractivity contribution in [3.63, 3.8) is 0 Å². The van der Waals surface area contributed by atoms with Crippen LogP contribution < -0.4 is 0 Å². The number of hydrogen-bond donors (Lipinski definition) is 1. The molecule has 4 rings (SSSR count). The van der Waals surface area contributed by atoms with Crippen molar-refractivity contribution < 1.29 is 34.5 Å². The molecule has 0 spiro atoms. The van der Waals surface area contributed by atoms with Gasteiger partial charge in [-0.25, -0.2) is 16.8 Å². The third-order valence-electron chi connectivity index (χ3n) is 7.62. The molecule has 8 nitrogen and oxygen atoms in total. The Balaban J connectivity index is 0.000000264. The summed E-state index contributed by atoms with van der Waals surface area (Å²) in [4.78, 5) is 0.742. The van der Waals surface area contributed by atoms with E-state index in [0.29, 0.717) is 35.5 Å². The minimum absolute atomic E-state index is 0.114. The van der Waals surface area contributed by atoms with Gasteiger partial charge in [-0.05, 0) is 83.3 Å². The maximum Gasteiger partial charge on any atom is 0.264 e. The third kappa shape index (κ3) is 12.6. The van der Waals surface area contributed by atoms with E-state index in [1.165, 1.54) is 0 Å². The predicted octanol–water partition coefficient (Wildman–Crippen LogP) is 6.91. The molecule has 260 valence electrons. The Morgan fingerprint density at radius 1 is 0.521 bits per heavy atom. The molecule has 0 fully saturated rings. The molecule has 0 aliphatic heterocycles. The first kappa shape index (κ1) is 39.1. The molecular formula is C37H46O8S3. The van der Waals surface area contributed by atoms with Gasteiger partial charge >= 0.3 is 0 Å². The summed E-state index contributed by atoms with van der Waals surface area (Å²) in [6, 6.07) is 29.6. The van der Waals surface area contributed by atoms with Crippen LogP contribution in [0.4, 0.5) is 0 Å². The largest absolute Gasteiger partial charge is 0.396 e. The van der Waals surface area contributed by atoms with Gasteiger partial charge in [0.15, 0.2) is 19.7 Å². The summed E-state index contributed by atoms with van der Waals surface area (Å²) in [6.45, 7) is 4.21. The Morgan fingerprint density at radius 2 is 0.854 bits per heavy atom. The summed E-state index contributed by atoms with van der Waals surface area (Å²) in [5.41, 5.74) is 5.99. The van der Waals surface area contributed by atoms with Crippen molar-refractivity contribution in [3.05, 3.63) is 108 Å². The van der Waals surface area contributed by atoms with Gasteiger partial charge in [-0.15, -0.1) is 0 Å². The van der Waals surface area contributed by atoms with Gasteiger partial charge in [0.05, 0.1) is 34.2 Å². The molecule has 4 aromatic carbocycles. The summed E-state index contributed by atoms with van der Waals surface area (Å²) < 4.78 is 75.3. The molecule has 48 heavy (non-hydrogen) atoms. The van der Waals surface area contributed by atoms with Crippen LogP contribution in [0.25, 0.3) is 22.3 Å². The molecule has 0 radical (unpaired) electrons. The lowest BCUT2D eigenvalue weighted by molar-refractivity contribution is 0.299. The van der Waals surface area contributed by atoms with Crippen LogP contribution in [0.3, 0.4) is 0 Å². The fraction of sp³-hybridized carbons (Fsp3) is 0.351. The maximum absolute atomic E-state index is 12.2. The number of hydrogen-bond acceptors (Lipinski definition) is 8. The lowest BCUT2D eigenvalue weighted by Crippen LogP contribution is -2.06. The number of unbranched alkanes of at least 4 members (excludes halogenated alkanes) is 2. The molecule has 0 atom stereocenters. The van der Waals surface area contributed by atoms with E-state index in [2.05, 4.69) is 0 Å². The van der Waals surface area contributed by atoms with Gasteiger partial charge in [0.25, 0.3) is 10.1 Å². The minimum Gasteiger partial charge on any atom is -0.396 e. The molecule has 1 N–H and O–H groups in total. The Hall–Kier alpha value is -3.35. The highest BCUT2D eigenvalue weighted by atomic mass is 32.2. The van der Waals surface area contributed by atoms with Gasteiger partial charge in [-0.2, -0.15) is 8.42 Å². The number of sulfone groups is 2. The van der Waals surface area contributed by atoms with Crippen LogP contribution in [0.15, 0.2) is 107 Å². The van der Waals surface area contributed by atoms with Crippen molar-refractivity contribution >= 4 is 29.8 Å². The normalized spacial score (nSPS) is 11.9. The van der Waals surface area contributed by atoms with Crippen LogP contribution >= 0.6 is 0 Å². The first-order valence-corrected chi connectivity index (χ1v) is 21.2. The number of aliphatic hydroxyl groups excluding tert-OH is 1. The number of aliphatic hydroxyl groups is 1. The molecule has 0 bridgehead atoms. The van der Waals surface area contributed by atoms with E-state index in [-0.39, 0.29) is 24.7 Å². The third-order valence-corrected chi connectivity index (χ3v) is 11.9. The van der Waals surface area contributed by atoms with Crippen LogP contribution in [0.1, 0.15) is 50.7 Å². The molecule has 0 saturated heterocycles. The van der Waals surface area contributed by atoms with Gasteiger partial charge in [-0.3, -0.25) is 4.18 Å². The summed E-state index contributed by atoms with van der Waals surface area (Å²) in [6.07, 6.45) is 5.25. The van der Waals surface area contributed by atoms with E-state index in [9.17, 15) is 25.3 Å². The Bertz CT molecular complexity index is 1880. The van der Waals surface area contributed by atoms with E-state index in [0.717, 1.165) is 52.5 Å². The first-order valence-electron chi connectivity index (χ1n) is 16.1. The molecule has 0 aliphatic rings. The molecule has 0 unspecified atom stereocenters. The van der Waals surface area contributed by atoms with E-state index in [4.69, 9.17) is 9.29 Å². The SMILES string of the molecule is CCCCS(=O)(=O)c1ccc(-c2ccc(CCO)cc2)cc1.CCCCS(=O)(=O)c1ccc(-c2ccc(CCOS(C)(=O)=O)cc2)cc1. The highest BCUT2D eigenvalue weighted by molar-refractivity contribution is 7.91. The molecule has 0 saturated carbocycles.